The second kappa shape index (κ2) is 15.1. The Kier molecular flexibility index (Phi) is 16.5. The summed E-state index contributed by atoms with van der Waals surface area (Å²) in [4.78, 5) is 0. The van der Waals surface area contributed by atoms with E-state index in [2.05, 4.69) is 25.3 Å². The Hall–Kier alpha value is 1.67. The number of aliphatic hydroxyl groups excluding tert-OH is 2. The highest BCUT2D eigenvalue weighted by atomic mass is 32.2. The molecule has 7 heteroatoms. The highest BCUT2D eigenvalue weighted by Gasteiger charge is 2.07. The molecule has 110 valence electrons. The molecule has 0 aromatic rings. The third-order valence-electron chi connectivity index (χ3n) is 2.00. The van der Waals surface area contributed by atoms with Crippen molar-refractivity contribution in [3.63, 3.8) is 0 Å². The first-order chi connectivity index (χ1) is 8.70. The maximum atomic E-state index is 9.68. The molecule has 0 amide bonds. The monoisotopic (exact) mass is 348 g/mol. The van der Waals surface area contributed by atoms with E-state index < -0.39 is 0 Å². The highest BCUT2D eigenvalue weighted by Crippen LogP contribution is 2.13. The van der Waals surface area contributed by atoms with Gasteiger partial charge in [-0.3, -0.25) is 0 Å². The Morgan fingerprint density at radius 3 is 1.67 bits per heavy atom. The molecule has 2 atom stereocenters. The van der Waals surface area contributed by atoms with Crippen molar-refractivity contribution in [2.75, 3.05) is 46.0 Å². The lowest BCUT2D eigenvalue weighted by atomic mass is 10.3. The van der Waals surface area contributed by atoms with Crippen LogP contribution in [-0.2, 0) is 0 Å². The lowest BCUT2D eigenvalue weighted by Crippen LogP contribution is -2.16. The molecule has 0 saturated heterocycles. The van der Waals surface area contributed by atoms with Crippen LogP contribution in [0.4, 0.5) is 0 Å². The van der Waals surface area contributed by atoms with Crippen LogP contribution in [0.25, 0.3) is 0 Å². The molecule has 0 aliphatic heterocycles. The molecule has 0 fully saturated rings. The van der Waals surface area contributed by atoms with Crippen molar-refractivity contribution in [2.24, 2.45) is 0 Å². The van der Waals surface area contributed by atoms with Crippen molar-refractivity contribution in [2.45, 2.75) is 18.6 Å². The molecular formula is C11H24O2S5. The molecule has 0 saturated carbocycles. The zero-order chi connectivity index (χ0) is 13.6. The summed E-state index contributed by atoms with van der Waals surface area (Å²) < 4.78 is 0. The quantitative estimate of drug-likeness (QED) is 0.303. The van der Waals surface area contributed by atoms with Crippen molar-refractivity contribution < 1.29 is 10.2 Å². The number of thiol groups is 2. The number of hydrogen-bond donors (Lipinski definition) is 4. The van der Waals surface area contributed by atoms with Crippen molar-refractivity contribution in [3.8, 4) is 0 Å². The molecule has 0 aliphatic rings. The van der Waals surface area contributed by atoms with Crippen LogP contribution in [0, 0.1) is 0 Å². The zero-order valence-corrected chi connectivity index (χ0v) is 14.8. The first-order valence-corrected chi connectivity index (χ1v) is 10.7. The van der Waals surface area contributed by atoms with Crippen molar-refractivity contribution >= 4 is 60.5 Å². The fourth-order valence-electron chi connectivity index (χ4n) is 1.14. The van der Waals surface area contributed by atoms with Gasteiger partial charge in [0, 0.05) is 28.8 Å². The van der Waals surface area contributed by atoms with Crippen LogP contribution < -0.4 is 0 Å². The molecule has 0 bridgehead atoms. The van der Waals surface area contributed by atoms with Crippen molar-refractivity contribution in [1.29, 1.82) is 0 Å². The van der Waals surface area contributed by atoms with Gasteiger partial charge >= 0.3 is 0 Å². The summed E-state index contributed by atoms with van der Waals surface area (Å²) in [7, 11) is 0. The Bertz CT molecular complexity index is 156. The minimum absolute atomic E-state index is 0.224. The van der Waals surface area contributed by atoms with E-state index in [9.17, 15) is 10.2 Å². The van der Waals surface area contributed by atoms with Crippen LogP contribution in [-0.4, -0.2) is 68.4 Å². The summed E-state index contributed by atoms with van der Waals surface area (Å²) in [6, 6.07) is 0. The summed E-state index contributed by atoms with van der Waals surface area (Å²) >= 11 is 13.5. The van der Waals surface area contributed by atoms with Gasteiger partial charge in [0.25, 0.3) is 0 Å². The molecule has 2 N–H and O–H groups in total. The third-order valence-corrected chi connectivity index (χ3v) is 6.42. The minimum Gasteiger partial charge on any atom is -0.392 e. The topological polar surface area (TPSA) is 40.5 Å². The summed E-state index contributed by atoms with van der Waals surface area (Å²) in [6.45, 7) is 0. The molecular weight excluding hydrogens is 324 g/mol. The van der Waals surface area contributed by atoms with Gasteiger partial charge in [0.05, 0.1) is 12.2 Å². The van der Waals surface area contributed by atoms with Crippen LogP contribution in [0.2, 0.25) is 0 Å². The number of aliphatic hydroxyl groups is 2. The van der Waals surface area contributed by atoms with E-state index in [4.69, 9.17) is 0 Å². The average molecular weight is 349 g/mol. The second-order valence-corrected chi connectivity index (χ2v) is 8.11. The molecule has 0 spiro atoms. The zero-order valence-electron chi connectivity index (χ0n) is 10.5. The highest BCUT2D eigenvalue weighted by molar-refractivity contribution is 8.00. The van der Waals surface area contributed by atoms with Gasteiger partial charge in [-0.2, -0.15) is 60.5 Å². The smallest absolute Gasteiger partial charge is 0.0720 e. The minimum atomic E-state index is -0.240. The molecule has 0 radical (unpaired) electrons. The van der Waals surface area contributed by atoms with Gasteiger partial charge in [0.1, 0.15) is 0 Å². The molecule has 0 aromatic heterocycles. The van der Waals surface area contributed by atoms with Gasteiger partial charge in [-0.25, -0.2) is 0 Å². The Morgan fingerprint density at radius 1 is 0.722 bits per heavy atom. The second-order valence-electron chi connectivity index (χ2n) is 3.77. The summed E-state index contributed by atoms with van der Waals surface area (Å²) in [5.41, 5.74) is 0. The fourth-order valence-corrected chi connectivity index (χ4v) is 4.48. The molecule has 0 aliphatic carbocycles. The Labute approximate surface area is 135 Å². The summed E-state index contributed by atoms with van der Waals surface area (Å²) in [5.74, 6) is 6.96. The van der Waals surface area contributed by atoms with Gasteiger partial charge in [-0.15, -0.1) is 0 Å². The summed E-state index contributed by atoms with van der Waals surface area (Å²) in [5, 5.41) is 19.4. The van der Waals surface area contributed by atoms with Crippen molar-refractivity contribution in [1.82, 2.24) is 0 Å². The van der Waals surface area contributed by atoms with E-state index in [0.717, 1.165) is 52.4 Å². The van der Waals surface area contributed by atoms with Crippen LogP contribution in [0.3, 0.4) is 0 Å². The lowest BCUT2D eigenvalue weighted by molar-refractivity contribution is 0.196. The first-order valence-electron chi connectivity index (χ1n) is 6.01. The standard InChI is InChI=1S/C11H24O2S5/c12-10(7-17-5-2-14)1-4-16-8-11(13)9-18-6-3-15/h10-15H,1-9H2. The van der Waals surface area contributed by atoms with Crippen LogP contribution >= 0.6 is 60.5 Å². The van der Waals surface area contributed by atoms with Gasteiger partial charge in [0.2, 0.25) is 0 Å². The van der Waals surface area contributed by atoms with Crippen LogP contribution in [0.5, 0.6) is 0 Å². The molecule has 0 rings (SSSR count). The van der Waals surface area contributed by atoms with E-state index in [-0.39, 0.29) is 12.2 Å². The first kappa shape index (κ1) is 19.7. The number of rotatable bonds is 13. The fraction of sp³-hybridized carbons (Fsp3) is 1.00. The predicted octanol–water partition coefficient (Wildman–Crippen LogP) is 2.16. The van der Waals surface area contributed by atoms with E-state index in [1.54, 1.807) is 35.3 Å². The van der Waals surface area contributed by atoms with Gasteiger partial charge in [-0.1, -0.05) is 0 Å². The summed E-state index contributed by atoms with van der Waals surface area (Å²) in [6.07, 6.45) is 0.342. The van der Waals surface area contributed by atoms with Crippen molar-refractivity contribution in [3.05, 3.63) is 0 Å². The normalized spacial score (nSPS) is 14.7. The molecule has 0 aromatic carbocycles. The number of thioether (sulfide) groups is 3. The SMILES string of the molecule is OC(CCSCC(O)CSCCS)CSCCS. The predicted molar refractivity (Wildman–Crippen MR) is 96.3 cm³/mol. The maximum absolute atomic E-state index is 9.68. The van der Waals surface area contributed by atoms with Crippen LogP contribution in [0.15, 0.2) is 0 Å². The van der Waals surface area contributed by atoms with E-state index >= 15 is 0 Å². The van der Waals surface area contributed by atoms with Gasteiger partial charge in [0.15, 0.2) is 0 Å². The molecule has 2 nitrogen and oxygen atoms in total. The lowest BCUT2D eigenvalue weighted by Gasteiger charge is -2.12. The largest absolute Gasteiger partial charge is 0.392 e. The molecule has 2 unspecified atom stereocenters. The van der Waals surface area contributed by atoms with E-state index in [0.29, 0.717) is 0 Å². The Morgan fingerprint density at radius 2 is 1.17 bits per heavy atom. The number of hydrogen-bond acceptors (Lipinski definition) is 7. The maximum Gasteiger partial charge on any atom is 0.0720 e. The molecule has 0 heterocycles. The van der Waals surface area contributed by atoms with E-state index in [1.165, 1.54) is 0 Å². The average Bonchev–Trinajstić information content (AvgIpc) is 2.35. The third kappa shape index (κ3) is 14.1. The van der Waals surface area contributed by atoms with Crippen LogP contribution in [0.1, 0.15) is 6.42 Å². The van der Waals surface area contributed by atoms with E-state index in [1.807, 2.05) is 0 Å². The van der Waals surface area contributed by atoms with Gasteiger partial charge in [-0.05, 0) is 23.7 Å². The van der Waals surface area contributed by atoms with Gasteiger partial charge < -0.3 is 10.2 Å². The molecule has 18 heavy (non-hydrogen) atoms. The Balaban J connectivity index is 3.27.